The van der Waals surface area contributed by atoms with Gasteiger partial charge >= 0.3 is 0 Å². The lowest BCUT2D eigenvalue weighted by molar-refractivity contribution is 0.723. The highest BCUT2D eigenvalue weighted by atomic mass is 15.0. The van der Waals surface area contributed by atoms with Crippen LogP contribution in [0.25, 0.3) is 27.5 Å². The third-order valence-electron chi connectivity index (χ3n) is 4.40. The van der Waals surface area contributed by atoms with Crippen LogP contribution in [0.5, 0.6) is 0 Å². The topological polar surface area (TPSA) is 17.8 Å². The fourth-order valence-corrected chi connectivity index (χ4v) is 3.53. The monoisotopic (exact) mass is 262 g/mol. The Morgan fingerprint density at radius 1 is 1.20 bits per heavy atom. The number of hydrogen-bond donors (Lipinski definition) is 0. The van der Waals surface area contributed by atoms with Crippen LogP contribution in [0.1, 0.15) is 30.9 Å². The van der Waals surface area contributed by atoms with E-state index in [1.165, 1.54) is 33.1 Å². The van der Waals surface area contributed by atoms with E-state index in [2.05, 4.69) is 41.3 Å². The number of hydrogen-bond acceptors (Lipinski definition) is 1. The number of aromatic nitrogens is 2. The first-order chi connectivity index (χ1) is 9.81. The quantitative estimate of drug-likeness (QED) is 0.662. The normalized spacial score (nSPS) is 14.3. The molecule has 2 aromatic heterocycles. The van der Waals surface area contributed by atoms with E-state index in [1.54, 1.807) is 0 Å². The van der Waals surface area contributed by atoms with Gasteiger partial charge in [0.1, 0.15) is 0 Å². The highest BCUT2D eigenvalue weighted by Gasteiger charge is 2.21. The molecule has 0 N–H and O–H groups in total. The molecule has 2 nitrogen and oxygen atoms in total. The predicted molar refractivity (Wildman–Crippen MR) is 84.9 cm³/mol. The Hall–Kier alpha value is -2.09. The molecular weight excluding hydrogens is 244 g/mol. The Balaban J connectivity index is 2.19. The highest BCUT2D eigenvalue weighted by Crippen LogP contribution is 2.39. The second-order valence-electron chi connectivity index (χ2n) is 5.61. The largest absolute Gasteiger partial charge is 0.339 e. The average molecular weight is 262 g/mol. The zero-order valence-corrected chi connectivity index (χ0v) is 11.8. The van der Waals surface area contributed by atoms with Crippen molar-refractivity contribution >= 4 is 27.5 Å². The number of rotatable bonds is 2. The molecule has 2 heteroatoms. The molecule has 0 aliphatic heterocycles. The summed E-state index contributed by atoms with van der Waals surface area (Å²) < 4.78 is 2.42. The Labute approximate surface area is 118 Å². The Morgan fingerprint density at radius 2 is 2.10 bits per heavy atom. The number of benzene rings is 1. The summed E-state index contributed by atoms with van der Waals surface area (Å²) in [5.41, 5.74) is 7.81. The second-order valence-corrected chi connectivity index (χ2v) is 5.61. The predicted octanol–water partition coefficient (Wildman–Crippen LogP) is 4.56. The van der Waals surface area contributed by atoms with E-state index in [1.807, 2.05) is 12.3 Å². The van der Waals surface area contributed by atoms with Gasteiger partial charge in [0, 0.05) is 18.1 Å². The van der Waals surface area contributed by atoms with Crippen molar-refractivity contribution in [3.63, 3.8) is 0 Å². The smallest absolute Gasteiger partial charge is 0.0962 e. The third kappa shape index (κ3) is 1.42. The van der Waals surface area contributed by atoms with Crippen LogP contribution in [0.2, 0.25) is 0 Å². The van der Waals surface area contributed by atoms with E-state index in [0.717, 1.165) is 31.3 Å². The maximum Gasteiger partial charge on any atom is 0.0962 e. The molecule has 20 heavy (non-hydrogen) atoms. The van der Waals surface area contributed by atoms with Crippen molar-refractivity contribution in [2.45, 2.75) is 32.7 Å². The van der Waals surface area contributed by atoms with Crippen molar-refractivity contribution in [2.75, 3.05) is 0 Å². The summed E-state index contributed by atoms with van der Waals surface area (Å²) in [4.78, 5) is 4.66. The van der Waals surface area contributed by atoms with Crippen molar-refractivity contribution < 1.29 is 0 Å². The molecule has 0 unspecified atom stereocenters. The van der Waals surface area contributed by atoms with Crippen molar-refractivity contribution in [1.82, 2.24) is 9.55 Å². The van der Waals surface area contributed by atoms with E-state index in [9.17, 15) is 0 Å². The fourth-order valence-electron chi connectivity index (χ4n) is 3.53. The van der Waals surface area contributed by atoms with Crippen LogP contribution in [-0.2, 0) is 13.0 Å². The summed E-state index contributed by atoms with van der Waals surface area (Å²) in [5, 5.41) is 1.35. The van der Waals surface area contributed by atoms with Crippen LogP contribution in [0.3, 0.4) is 0 Å². The number of pyridine rings is 1. The summed E-state index contributed by atoms with van der Waals surface area (Å²) in [6.45, 7) is 7.47. The van der Waals surface area contributed by atoms with Crippen LogP contribution in [-0.4, -0.2) is 9.55 Å². The number of fused-ring (bicyclic) bond motifs is 5. The molecule has 0 saturated heterocycles. The summed E-state index contributed by atoms with van der Waals surface area (Å²) in [6.07, 6.45) is 5.23. The van der Waals surface area contributed by atoms with Gasteiger partial charge in [-0.15, -0.1) is 0 Å². The molecule has 0 radical (unpaired) electrons. The lowest BCUT2D eigenvalue weighted by Crippen LogP contribution is -1.96. The number of allylic oxidation sites excluding steroid dienone is 1. The molecule has 0 spiro atoms. The minimum Gasteiger partial charge on any atom is -0.339 e. The summed E-state index contributed by atoms with van der Waals surface area (Å²) in [6, 6.07) is 8.72. The van der Waals surface area contributed by atoms with Crippen molar-refractivity contribution in [1.29, 1.82) is 0 Å². The lowest BCUT2D eigenvalue weighted by atomic mass is 10.0. The van der Waals surface area contributed by atoms with Gasteiger partial charge in [0.2, 0.25) is 0 Å². The van der Waals surface area contributed by atoms with E-state index in [4.69, 9.17) is 0 Å². The van der Waals surface area contributed by atoms with Crippen LogP contribution in [0.4, 0.5) is 0 Å². The van der Waals surface area contributed by atoms with Crippen molar-refractivity contribution in [3.05, 3.63) is 48.2 Å². The van der Waals surface area contributed by atoms with Crippen molar-refractivity contribution in [3.8, 4) is 0 Å². The zero-order chi connectivity index (χ0) is 13.7. The minimum atomic E-state index is 1.05. The molecule has 0 atom stereocenters. The van der Waals surface area contributed by atoms with Gasteiger partial charge < -0.3 is 4.57 Å². The fraction of sp³-hybridized carbons (Fsp3) is 0.278. The average Bonchev–Trinajstić information content (AvgIpc) is 3.00. The molecule has 0 saturated carbocycles. The first-order valence-electron chi connectivity index (χ1n) is 7.38. The van der Waals surface area contributed by atoms with Crippen LogP contribution in [0, 0.1) is 0 Å². The van der Waals surface area contributed by atoms with Gasteiger partial charge in [0.25, 0.3) is 0 Å². The molecular formula is C18H18N2. The van der Waals surface area contributed by atoms with Gasteiger partial charge in [0.05, 0.1) is 16.6 Å². The van der Waals surface area contributed by atoms with Gasteiger partial charge in [-0.25, -0.2) is 0 Å². The molecule has 4 rings (SSSR count). The summed E-state index contributed by atoms with van der Waals surface area (Å²) in [5.74, 6) is 0. The van der Waals surface area contributed by atoms with Crippen LogP contribution in [0.15, 0.2) is 37.0 Å². The third-order valence-corrected chi connectivity index (χ3v) is 4.40. The number of nitrogens with zero attached hydrogens (tertiary/aromatic N) is 2. The molecule has 1 aromatic carbocycles. The summed E-state index contributed by atoms with van der Waals surface area (Å²) >= 11 is 0. The van der Waals surface area contributed by atoms with E-state index in [0.29, 0.717) is 0 Å². The first kappa shape index (κ1) is 11.7. The summed E-state index contributed by atoms with van der Waals surface area (Å²) in [7, 11) is 0. The molecule has 0 amide bonds. The number of aryl methyl sites for hydroxylation is 2. The zero-order valence-electron chi connectivity index (χ0n) is 11.8. The molecule has 2 heterocycles. The van der Waals surface area contributed by atoms with Gasteiger partial charge in [-0.3, -0.25) is 4.98 Å². The Bertz CT molecular complexity index is 839. The maximum absolute atomic E-state index is 4.66. The maximum atomic E-state index is 4.66. The van der Waals surface area contributed by atoms with Gasteiger partial charge in [-0.2, -0.15) is 0 Å². The van der Waals surface area contributed by atoms with E-state index in [-0.39, 0.29) is 0 Å². The molecule has 1 aliphatic rings. The molecule has 0 bridgehead atoms. The lowest BCUT2D eigenvalue weighted by Gasteiger charge is -2.06. The minimum absolute atomic E-state index is 1.05. The molecule has 100 valence electrons. The second kappa shape index (κ2) is 4.20. The molecule has 1 aliphatic carbocycles. The van der Waals surface area contributed by atoms with Crippen LogP contribution >= 0.6 is 0 Å². The van der Waals surface area contributed by atoms with Crippen LogP contribution < -0.4 is 0 Å². The van der Waals surface area contributed by atoms with Gasteiger partial charge in [-0.1, -0.05) is 19.6 Å². The highest BCUT2D eigenvalue weighted by molar-refractivity contribution is 6.09. The molecule has 0 fully saturated rings. The Kier molecular flexibility index (Phi) is 2.46. The SMILES string of the molecule is C=C1CCc2c1ccc1c2c2ncccc2n1CCC. The van der Waals surface area contributed by atoms with Gasteiger partial charge in [0.15, 0.2) is 0 Å². The van der Waals surface area contributed by atoms with Gasteiger partial charge in [-0.05, 0) is 54.2 Å². The standard InChI is InChI=1S/C18H18N2/c1-3-11-20-15-9-8-13-12(2)6-7-14(13)17(15)18-16(20)5-4-10-19-18/h4-5,8-10H,2-3,6-7,11H2,1H3. The van der Waals surface area contributed by atoms with E-state index >= 15 is 0 Å². The first-order valence-corrected chi connectivity index (χ1v) is 7.38. The van der Waals surface area contributed by atoms with E-state index < -0.39 is 0 Å². The Morgan fingerprint density at radius 3 is 2.95 bits per heavy atom. The van der Waals surface area contributed by atoms with Crippen molar-refractivity contribution in [2.24, 2.45) is 0 Å². The molecule has 3 aromatic rings.